The normalized spacial score (nSPS) is 11.5. The lowest BCUT2D eigenvalue weighted by molar-refractivity contribution is 0.669. The molecule has 0 unspecified atom stereocenters. The first-order chi connectivity index (χ1) is 22.8. The van der Waals surface area contributed by atoms with Crippen LogP contribution in [0.25, 0.3) is 88.0 Å². The first-order valence-corrected chi connectivity index (χ1v) is 15.9. The van der Waals surface area contributed by atoms with Gasteiger partial charge in [0.15, 0.2) is 17.5 Å². The molecular formula is C40H24N4OS. The second-order valence-electron chi connectivity index (χ2n) is 11.1. The largest absolute Gasteiger partial charge is 0.456 e. The number of fused-ring (bicyclic) bond motifs is 4. The highest BCUT2D eigenvalue weighted by Gasteiger charge is 2.17. The predicted molar refractivity (Wildman–Crippen MR) is 187 cm³/mol. The van der Waals surface area contributed by atoms with Gasteiger partial charge in [-0.2, -0.15) is 0 Å². The Morgan fingerprint density at radius 3 is 1.59 bits per heavy atom. The summed E-state index contributed by atoms with van der Waals surface area (Å²) in [5.41, 5.74) is 8.78. The van der Waals surface area contributed by atoms with Gasteiger partial charge in [-0.05, 0) is 23.3 Å². The van der Waals surface area contributed by atoms with E-state index in [2.05, 4.69) is 54.6 Å². The molecule has 0 saturated heterocycles. The van der Waals surface area contributed by atoms with Crippen molar-refractivity contribution in [1.29, 1.82) is 0 Å². The quantitative estimate of drug-likeness (QED) is 0.194. The van der Waals surface area contributed by atoms with Crippen LogP contribution in [0.2, 0.25) is 0 Å². The van der Waals surface area contributed by atoms with Crippen molar-refractivity contribution in [1.82, 2.24) is 19.9 Å². The molecule has 0 aliphatic rings. The maximum absolute atomic E-state index is 6.38. The minimum Gasteiger partial charge on any atom is -0.456 e. The molecule has 46 heavy (non-hydrogen) atoms. The Morgan fingerprint density at radius 1 is 0.435 bits per heavy atom. The Labute approximate surface area is 268 Å². The molecule has 0 fully saturated rings. The summed E-state index contributed by atoms with van der Waals surface area (Å²) >= 11 is 1.71. The van der Waals surface area contributed by atoms with Gasteiger partial charge in [-0.1, -0.05) is 127 Å². The summed E-state index contributed by atoms with van der Waals surface area (Å²) in [6, 6.07) is 49.4. The SMILES string of the molecule is c1ccc(-c2nc(-c3ccccc3)nc(-c3ccc(-c4cccc5oc6cc7nc(-c8ccccc8)sc7cc6c45)cc3)n2)cc1. The third kappa shape index (κ3) is 4.64. The molecular weight excluding hydrogens is 585 g/mol. The van der Waals surface area contributed by atoms with Crippen molar-refractivity contribution < 1.29 is 4.42 Å². The zero-order valence-electron chi connectivity index (χ0n) is 24.5. The van der Waals surface area contributed by atoms with Gasteiger partial charge >= 0.3 is 0 Å². The molecule has 3 heterocycles. The van der Waals surface area contributed by atoms with E-state index in [1.165, 1.54) is 0 Å². The molecule has 5 nitrogen and oxygen atoms in total. The van der Waals surface area contributed by atoms with Crippen LogP contribution in [0.3, 0.4) is 0 Å². The van der Waals surface area contributed by atoms with Crippen LogP contribution in [0.4, 0.5) is 0 Å². The molecule has 0 atom stereocenters. The predicted octanol–water partition coefficient (Wildman–Crippen LogP) is 10.7. The van der Waals surface area contributed by atoms with E-state index in [0.29, 0.717) is 17.5 Å². The first kappa shape index (κ1) is 26.4. The fraction of sp³-hybridized carbons (Fsp3) is 0. The molecule has 6 heteroatoms. The number of hydrogen-bond acceptors (Lipinski definition) is 6. The van der Waals surface area contributed by atoms with E-state index in [0.717, 1.165) is 70.5 Å². The van der Waals surface area contributed by atoms with Gasteiger partial charge in [0, 0.05) is 39.1 Å². The van der Waals surface area contributed by atoms with Crippen LogP contribution < -0.4 is 0 Å². The highest BCUT2D eigenvalue weighted by molar-refractivity contribution is 7.21. The van der Waals surface area contributed by atoms with Crippen LogP contribution in [0, 0.1) is 0 Å². The first-order valence-electron chi connectivity index (χ1n) is 15.1. The third-order valence-electron chi connectivity index (χ3n) is 8.18. The second kappa shape index (κ2) is 10.9. The van der Waals surface area contributed by atoms with Crippen molar-refractivity contribution in [3.8, 4) is 55.9 Å². The topological polar surface area (TPSA) is 64.7 Å². The van der Waals surface area contributed by atoms with Gasteiger partial charge in [0.2, 0.25) is 0 Å². The van der Waals surface area contributed by atoms with E-state index < -0.39 is 0 Å². The van der Waals surface area contributed by atoms with Gasteiger partial charge in [0.1, 0.15) is 16.2 Å². The molecule has 0 amide bonds. The van der Waals surface area contributed by atoms with Crippen molar-refractivity contribution in [2.75, 3.05) is 0 Å². The molecule has 3 aromatic heterocycles. The van der Waals surface area contributed by atoms with E-state index >= 15 is 0 Å². The van der Waals surface area contributed by atoms with Crippen LogP contribution in [0.1, 0.15) is 0 Å². The molecule has 9 rings (SSSR count). The Bertz CT molecular complexity index is 2450. The van der Waals surface area contributed by atoms with Gasteiger partial charge in [-0.15, -0.1) is 11.3 Å². The van der Waals surface area contributed by atoms with Crippen molar-refractivity contribution in [2.24, 2.45) is 0 Å². The minimum absolute atomic E-state index is 0.632. The van der Waals surface area contributed by atoms with Crippen LogP contribution in [0.15, 0.2) is 150 Å². The van der Waals surface area contributed by atoms with E-state index in [1.54, 1.807) is 11.3 Å². The van der Waals surface area contributed by atoms with Gasteiger partial charge in [0.25, 0.3) is 0 Å². The number of rotatable bonds is 5. The zero-order chi connectivity index (χ0) is 30.5. The molecule has 0 spiro atoms. The van der Waals surface area contributed by atoms with Crippen molar-refractivity contribution in [2.45, 2.75) is 0 Å². The summed E-state index contributed by atoms with van der Waals surface area (Å²) in [5.74, 6) is 1.92. The molecule has 0 bridgehead atoms. The Balaban J connectivity index is 1.14. The average molecular weight is 609 g/mol. The van der Waals surface area contributed by atoms with Crippen LogP contribution in [0.5, 0.6) is 0 Å². The average Bonchev–Trinajstić information content (AvgIpc) is 3.72. The molecule has 0 aliphatic carbocycles. The number of thiazole rings is 1. The summed E-state index contributed by atoms with van der Waals surface area (Å²) in [6.45, 7) is 0. The fourth-order valence-corrected chi connectivity index (χ4v) is 6.92. The number of furan rings is 1. The second-order valence-corrected chi connectivity index (χ2v) is 12.1. The van der Waals surface area contributed by atoms with Crippen LogP contribution >= 0.6 is 11.3 Å². The number of benzene rings is 6. The standard InChI is InChI=1S/C40H24N4OS/c1-4-11-26(12-5-1)37-42-38(27-13-6-2-7-14-27)44-39(43-37)28-21-19-25(20-22-28)30-17-10-18-33-36(30)31-23-35-32(24-34(31)45-33)41-40(46-35)29-15-8-3-9-16-29/h1-24H. The van der Waals surface area contributed by atoms with Crippen molar-refractivity contribution in [3.63, 3.8) is 0 Å². The summed E-state index contributed by atoms with van der Waals surface area (Å²) in [5, 5.41) is 3.19. The van der Waals surface area contributed by atoms with Crippen molar-refractivity contribution in [3.05, 3.63) is 146 Å². The maximum atomic E-state index is 6.38. The Morgan fingerprint density at radius 2 is 0.978 bits per heavy atom. The van der Waals surface area contributed by atoms with E-state index in [4.69, 9.17) is 24.4 Å². The lowest BCUT2D eigenvalue weighted by Crippen LogP contribution is -2.00. The van der Waals surface area contributed by atoms with Crippen molar-refractivity contribution >= 4 is 43.5 Å². The molecule has 9 aromatic rings. The number of hydrogen-bond donors (Lipinski definition) is 0. The van der Waals surface area contributed by atoms with E-state index in [1.807, 2.05) is 91.0 Å². The highest BCUT2D eigenvalue weighted by atomic mass is 32.1. The molecule has 0 radical (unpaired) electrons. The van der Waals surface area contributed by atoms with Crippen LogP contribution in [-0.2, 0) is 0 Å². The summed E-state index contributed by atoms with van der Waals surface area (Å²) in [6.07, 6.45) is 0. The van der Waals surface area contributed by atoms with Gasteiger partial charge in [-0.25, -0.2) is 19.9 Å². The van der Waals surface area contributed by atoms with Gasteiger partial charge in [-0.3, -0.25) is 0 Å². The molecule has 0 N–H and O–H groups in total. The monoisotopic (exact) mass is 608 g/mol. The van der Waals surface area contributed by atoms with Crippen LogP contribution in [-0.4, -0.2) is 19.9 Å². The van der Waals surface area contributed by atoms with E-state index in [9.17, 15) is 0 Å². The fourth-order valence-electron chi connectivity index (χ4n) is 5.93. The highest BCUT2D eigenvalue weighted by Crippen LogP contribution is 2.40. The lowest BCUT2D eigenvalue weighted by Gasteiger charge is -2.09. The maximum Gasteiger partial charge on any atom is 0.164 e. The molecule has 216 valence electrons. The summed E-state index contributed by atoms with van der Waals surface area (Å²) in [4.78, 5) is 19.5. The molecule has 6 aromatic carbocycles. The lowest BCUT2D eigenvalue weighted by atomic mass is 9.98. The summed E-state index contributed by atoms with van der Waals surface area (Å²) < 4.78 is 7.52. The third-order valence-corrected chi connectivity index (χ3v) is 9.25. The Kier molecular flexibility index (Phi) is 6.25. The minimum atomic E-state index is 0.632. The number of nitrogens with zero attached hydrogens (tertiary/aromatic N) is 4. The van der Waals surface area contributed by atoms with Gasteiger partial charge < -0.3 is 4.42 Å². The summed E-state index contributed by atoms with van der Waals surface area (Å²) in [7, 11) is 0. The van der Waals surface area contributed by atoms with E-state index in [-0.39, 0.29) is 0 Å². The number of aromatic nitrogens is 4. The van der Waals surface area contributed by atoms with Gasteiger partial charge in [0.05, 0.1) is 10.2 Å². The smallest absolute Gasteiger partial charge is 0.164 e. The molecule has 0 saturated carbocycles. The zero-order valence-corrected chi connectivity index (χ0v) is 25.3. The molecule has 0 aliphatic heterocycles. The Hall–Kier alpha value is -5.98.